The Hall–Kier alpha value is -2.48. The van der Waals surface area contributed by atoms with Crippen LogP contribution < -0.4 is 5.32 Å². The number of carbonyl (C=O) groups is 1. The number of likely N-dealkylation sites (tertiary alicyclic amines) is 1. The van der Waals surface area contributed by atoms with Crippen molar-refractivity contribution in [2.75, 3.05) is 20.1 Å². The van der Waals surface area contributed by atoms with Crippen LogP contribution in [0.4, 0.5) is 9.18 Å². The molecule has 1 aliphatic rings. The van der Waals surface area contributed by atoms with Gasteiger partial charge in [0.25, 0.3) is 0 Å². The minimum atomic E-state index is -0.892. The van der Waals surface area contributed by atoms with Crippen LogP contribution >= 0.6 is 0 Å². The molecule has 3 heterocycles. The van der Waals surface area contributed by atoms with Gasteiger partial charge in [0.2, 0.25) is 0 Å². The lowest BCUT2D eigenvalue weighted by Crippen LogP contribution is -2.44. The van der Waals surface area contributed by atoms with E-state index in [0.29, 0.717) is 38.4 Å². The molecular weight excluding hydrogens is 325 g/mol. The van der Waals surface area contributed by atoms with Crippen LogP contribution in [0.5, 0.6) is 0 Å². The van der Waals surface area contributed by atoms with Gasteiger partial charge in [-0.25, -0.2) is 19.2 Å². The number of aromatic nitrogens is 2. The molecule has 2 amide bonds. The number of halogens is 1. The second kappa shape index (κ2) is 8.06. The molecule has 0 bridgehead atoms. The van der Waals surface area contributed by atoms with E-state index in [0.717, 1.165) is 5.56 Å². The minimum absolute atomic E-state index is 0.0523. The van der Waals surface area contributed by atoms with Crippen molar-refractivity contribution < 1.29 is 13.6 Å². The van der Waals surface area contributed by atoms with E-state index < -0.39 is 6.17 Å². The molecule has 0 spiro atoms. The highest BCUT2D eigenvalue weighted by Gasteiger charge is 2.33. The maximum absolute atomic E-state index is 13.9. The van der Waals surface area contributed by atoms with Gasteiger partial charge in [0, 0.05) is 50.7 Å². The second-order valence-corrected chi connectivity index (χ2v) is 6.25. The van der Waals surface area contributed by atoms with Crippen molar-refractivity contribution in [3.63, 3.8) is 0 Å². The molecule has 7 nitrogen and oxygen atoms in total. The number of amides is 2. The van der Waals surface area contributed by atoms with Gasteiger partial charge in [-0.1, -0.05) is 0 Å². The number of nitrogens with one attached hydrogen (secondary N) is 1. The van der Waals surface area contributed by atoms with Crippen LogP contribution in [0.25, 0.3) is 0 Å². The highest BCUT2D eigenvalue weighted by molar-refractivity contribution is 5.73. The molecule has 0 radical (unpaired) electrons. The van der Waals surface area contributed by atoms with Gasteiger partial charge in [0.1, 0.15) is 12.0 Å². The van der Waals surface area contributed by atoms with E-state index in [9.17, 15) is 9.18 Å². The van der Waals surface area contributed by atoms with Gasteiger partial charge in [0.05, 0.1) is 19.1 Å². The minimum Gasteiger partial charge on any atom is -0.472 e. The number of urea groups is 1. The maximum Gasteiger partial charge on any atom is 0.317 e. The van der Waals surface area contributed by atoms with Crippen molar-refractivity contribution in [1.29, 1.82) is 0 Å². The maximum atomic E-state index is 13.9. The summed E-state index contributed by atoms with van der Waals surface area (Å²) in [4.78, 5) is 24.2. The topological polar surface area (TPSA) is 74.5 Å². The highest BCUT2D eigenvalue weighted by Crippen LogP contribution is 2.22. The molecule has 0 unspecified atom stereocenters. The molecule has 1 saturated heterocycles. The Kier molecular flexibility index (Phi) is 5.60. The summed E-state index contributed by atoms with van der Waals surface area (Å²) in [6.45, 7) is 1.67. The lowest BCUT2D eigenvalue weighted by molar-refractivity contribution is 0.172. The molecule has 0 aliphatic carbocycles. The monoisotopic (exact) mass is 347 g/mol. The third-order valence-electron chi connectivity index (χ3n) is 4.30. The number of rotatable bonds is 6. The standard InChI is InChI=1S/C17H22FN5O2/c1-22(17(24)21-8-13-3-6-25-12-13)10-15-7-14(18)9-23(15)11-16-19-4-2-5-20-16/h2-6,12,14-15H,7-11H2,1H3,(H,21,24)/t14-,15-/m0/s1. The molecule has 1 fully saturated rings. The summed E-state index contributed by atoms with van der Waals surface area (Å²) in [5.41, 5.74) is 0.897. The average Bonchev–Trinajstić information content (AvgIpc) is 3.23. The molecule has 2 atom stereocenters. The van der Waals surface area contributed by atoms with Crippen molar-refractivity contribution in [1.82, 2.24) is 25.1 Å². The summed E-state index contributed by atoms with van der Waals surface area (Å²) in [7, 11) is 1.72. The Morgan fingerprint density at radius 2 is 2.28 bits per heavy atom. The SMILES string of the molecule is CN(C[C@@H]1C[C@H](F)CN1Cc1ncccn1)C(=O)NCc1ccoc1. The predicted molar refractivity (Wildman–Crippen MR) is 89.3 cm³/mol. The molecule has 8 heteroatoms. The molecule has 0 aromatic carbocycles. The molecular formula is C17H22FN5O2. The Morgan fingerprint density at radius 3 is 3.00 bits per heavy atom. The first-order valence-electron chi connectivity index (χ1n) is 8.26. The molecule has 25 heavy (non-hydrogen) atoms. The summed E-state index contributed by atoms with van der Waals surface area (Å²) < 4.78 is 18.9. The summed E-state index contributed by atoms with van der Waals surface area (Å²) in [6, 6.07) is 3.30. The molecule has 0 saturated carbocycles. The smallest absolute Gasteiger partial charge is 0.317 e. The molecule has 134 valence electrons. The number of furan rings is 1. The lowest BCUT2D eigenvalue weighted by Gasteiger charge is -2.28. The van der Waals surface area contributed by atoms with Gasteiger partial charge in [-0.3, -0.25) is 4.90 Å². The first-order chi connectivity index (χ1) is 12.1. The van der Waals surface area contributed by atoms with Crippen molar-refractivity contribution in [3.8, 4) is 0 Å². The summed E-state index contributed by atoms with van der Waals surface area (Å²) in [6.07, 6.45) is 6.02. The van der Waals surface area contributed by atoms with Crippen LogP contribution in [-0.4, -0.2) is 58.1 Å². The predicted octanol–water partition coefficient (Wildman–Crippen LogP) is 1.82. The summed E-state index contributed by atoms with van der Waals surface area (Å²) in [5, 5.41) is 2.82. The van der Waals surface area contributed by atoms with Crippen LogP contribution in [0.3, 0.4) is 0 Å². The number of hydrogen-bond acceptors (Lipinski definition) is 5. The summed E-state index contributed by atoms with van der Waals surface area (Å²) >= 11 is 0. The van der Waals surface area contributed by atoms with Gasteiger partial charge in [-0.15, -0.1) is 0 Å². The van der Waals surface area contributed by atoms with Gasteiger partial charge in [-0.2, -0.15) is 0 Å². The third-order valence-corrected chi connectivity index (χ3v) is 4.30. The fourth-order valence-electron chi connectivity index (χ4n) is 3.00. The number of likely N-dealkylation sites (N-methyl/N-ethyl adjacent to an activating group) is 1. The van der Waals surface area contributed by atoms with E-state index in [1.54, 1.807) is 49.0 Å². The quantitative estimate of drug-likeness (QED) is 0.863. The highest BCUT2D eigenvalue weighted by atomic mass is 19.1. The molecule has 2 aromatic heterocycles. The van der Waals surface area contributed by atoms with E-state index in [1.807, 2.05) is 4.90 Å². The van der Waals surface area contributed by atoms with Crippen molar-refractivity contribution in [2.24, 2.45) is 0 Å². The molecule has 1 N–H and O–H groups in total. The normalized spacial score (nSPS) is 20.6. The number of alkyl halides is 1. The van der Waals surface area contributed by atoms with Gasteiger partial charge >= 0.3 is 6.03 Å². The second-order valence-electron chi connectivity index (χ2n) is 6.25. The van der Waals surface area contributed by atoms with Crippen molar-refractivity contribution in [2.45, 2.75) is 31.7 Å². The van der Waals surface area contributed by atoms with Crippen LogP contribution in [0.2, 0.25) is 0 Å². The van der Waals surface area contributed by atoms with E-state index >= 15 is 0 Å². The largest absolute Gasteiger partial charge is 0.472 e. The average molecular weight is 347 g/mol. The Bertz CT molecular complexity index is 667. The fraction of sp³-hybridized carbons (Fsp3) is 0.471. The van der Waals surface area contributed by atoms with E-state index in [2.05, 4.69) is 15.3 Å². The number of carbonyl (C=O) groups excluding carboxylic acids is 1. The van der Waals surface area contributed by atoms with Gasteiger partial charge in [0.15, 0.2) is 0 Å². The first-order valence-corrected chi connectivity index (χ1v) is 8.26. The number of nitrogens with zero attached hydrogens (tertiary/aromatic N) is 4. The zero-order chi connectivity index (χ0) is 17.6. The van der Waals surface area contributed by atoms with Crippen molar-refractivity contribution >= 4 is 6.03 Å². The van der Waals surface area contributed by atoms with Gasteiger partial charge < -0.3 is 14.6 Å². The molecule has 2 aromatic rings. The Labute approximate surface area is 145 Å². The third kappa shape index (κ3) is 4.76. The number of hydrogen-bond donors (Lipinski definition) is 1. The van der Waals surface area contributed by atoms with Crippen LogP contribution in [0, 0.1) is 0 Å². The molecule has 3 rings (SSSR count). The van der Waals surface area contributed by atoms with E-state index in [4.69, 9.17) is 4.42 Å². The van der Waals surface area contributed by atoms with Crippen LogP contribution in [0.1, 0.15) is 17.8 Å². The van der Waals surface area contributed by atoms with Gasteiger partial charge in [-0.05, 0) is 18.6 Å². The van der Waals surface area contributed by atoms with E-state index in [-0.39, 0.29) is 12.1 Å². The fourth-order valence-corrected chi connectivity index (χ4v) is 3.00. The lowest BCUT2D eigenvalue weighted by atomic mass is 10.2. The Balaban J connectivity index is 1.53. The zero-order valence-electron chi connectivity index (χ0n) is 14.1. The first kappa shape index (κ1) is 17.3. The Morgan fingerprint density at radius 1 is 1.48 bits per heavy atom. The zero-order valence-corrected chi connectivity index (χ0v) is 14.1. The van der Waals surface area contributed by atoms with E-state index in [1.165, 1.54) is 0 Å². The summed E-state index contributed by atoms with van der Waals surface area (Å²) in [5.74, 6) is 0.661. The van der Waals surface area contributed by atoms with Crippen LogP contribution in [-0.2, 0) is 13.1 Å². The van der Waals surface area contributed by atoms with Crippen LogP contribution in [0.15, 0.2) is 41.5 Å². The molecule has 1 aliphatic heterocycles. The van der Waals surface area contributed by atoms with Crippen molar-refractivity contribution in [3.05, 3.63) is 48.4 Å².